The van der Waals surface area contributed by atoms with Crippen molar-refractivity contribution >= 4 is 23.3 Å². The highest BCUT2D eigenvalue weighted by atomic mass is 16.5. The minimum absolute atomic E-state index is 0.412. The second-order valence-electron chi connectivity index (χ2n) is 7.37. The lowest BCUT2D eigenvalue weighted by atomic mass is 10.1. The Labute approximate surface area is 185 Å². The average molecular weight is 429 g/mol. The fourth-order valence-electron chi connectivity index (χ4n) is 3.64. The third-order valence-corrected chi connectivity index (χ3v) is 5.31. The molecular weight excluding hydrogens is 406 g/mol. The normalized spacial score (nSPS) is 11.7. The Balaban J connectivity index is 1.70. The first-order chi connectivity index (χ1) is 15.6. The van der Waals surface area contributed by atoms with Gasteiger partial charge in [0.15, 0.2) is 0 Å². The van der Waals surface area contributed by atoms with Gasteiger partial charge in [-0.2, -0.15) is 0 Å². The van der Waals surface area contributed by atoms with Crippen LogP contribution in [-0.2, 0) is 16.1 Å². The van der Waals surface area contributed by atoms with Gasteiger partial charge in [0.1, 0.15) is 17.6 Å². The molecule has 6 heteroatoms. The van der Waals surface area contributed by atoms with Crippen molar-refractivity contribution in [2.45, 2.75) is 19.6 Å². The summed E-state index contributed by atoms with van der Waals surface area (Å²) in [6.45, 7) is 2.86. The van der Waals surface area contributed by atoms with Gasteiger partial charge in [0.25, 0.3) is 6.47 Å². The zero-order valence-electron chi connectivity index (χ0n) is 17.9. The fraction of sp³-hybridized carbons (Fsp3) is 0.154. The van der Waals surface area contributed by atoms with Crippen molar-refractivity contribution in [2.75, 3.05) is 7.11 Å². The predicted molar refractivity (Wildman–Crippen MR) is 121 cm³/mol. The van der Waals surface area contributed by atoms with E-state index in [-0.39, 0.29) is 0 Å². The molecule has 0 saturated heterocycles. The first kappa shape index (κ1) is 21.2. The summed E-state index contributed by atoms with van der Waals surface area (Å²) < 4.78 is 18.1. The van der Waals surface area contributed by atoms with E-state index < -0.39 is 12.1 Å². The lowest BCUT2D eigenvalue weighted by molar-refractivity contribution is -0.133. The van der Waals surface area contributed by atoms with Crippen molar-refractivity contribution in [2.24, 2.45) is 0 Å². The van der Waals surface area contributed by atoms with Crippen LogP contribution in [0.1, 0.15) is 34.5 Å². The van der Waals surface area contributed by atoms with Crippen LogP contribution in [0.5, 0.6) is 11.5 Å². The molecule has 4 rings (SSSR count). The van der Waals surface area contributed by atoms with Crippen molar-refractivity contribution in [1.82, 2.24) is 4.57 Å². The Bertz CT molecular complexity index is 1230. The second kappa shape index (κ2) is 9.39. The number of aromatic nitrogens is 1. The minimum atomic E-state index is -0.420. The van der Waals surface area contributed by atoms with E-state index in [4.69, 9.17) is 14.2 Å². The van der Waals surface area contributed by atoms with E-state index in [2.05, 4.69) is 4.57 Å². The van der Waals surface area contributed by atoms with Crippen LogP contribution in [0, 0.1) is 0 Å². The van der Waals surface area contributed by atoms with Gasteiger partial charge in [-0.15, -0.1) is 0 Å². The molecule has 1 aromatic heterocycles. The molecule has 0 fully saturated rings. The van der Waals surface area contributed by atoms with Gasteiger partial charge >= 0.3 is 5.97 Å². The van der Waals surface area contributed by atoms with Crippen LogP contribution in [0.4, 0.5) is 0 Å². The molecule has 0 aliphatic rings. The van der Waals surface area contributed by atoms with Gasteiger partial charge in [-0.05, 0) is 48.9 Å². The highest BCUT2D eigenvalue weighted by Crippen LogP contribution is 2.32. The Hall–Kier alpha value is -4.06. The number of nitrogens with zero attached hydrogens (tertiary/aromatic N) is 1. The van der Waals surface area contributed by atoms with Gasteiger partial charge in [0.05, 0.1) is 18.2 Å². The smallest absolute Gasteiger partial charge is 0.343 e. The van der Waals surface area contributed by atoms with E-state index in [9.17, 15) is 9.59 Å². The molecule has 0 N–H and O–H groups in total. The molecular formula is C26H23NO5. The van der Waals surface area contributed by atoms with Crippen LogP contribution < -0.4 is 9.47 Å². The average Bonchev–Trinajstić information content (AvgIpc) is 3.18. The maximum Gasteiger partial charge on any atom is 0.343 e. The van der Waals surface area contributed by atoms with E-state index in [1.807, 2.05) is 55.6 Å². The van der Waals surface area contributed by atoms with Gasteiger partial charge in [0.2, 0.25) is 0 Å². The summed E-state index contributed by atoms with van der Waals surface area (Å²) >= 11 is 0. The quantitative estimate of drug-likeness (QED) is 0.220. The minimum Gasteiger partial charge on any atom is -0.497 e. The Morgan fingerprint density at radius 3 is 2.41 bits per heavy atom. The van der Waals surface area contributed by atoms with E-state index >= 15 is 0 Å². The number of rotatable bonds is 8. The van der Waals surface area contributed by atoms with Gasteiger partial charge in [0, 0.05) is 29.8 Å². The van der Waals surface area contributed by atoms with Crippen molar-refractivity contribution < 1.29 is 23.8 Å². The molecule has 0 aliphatic carbocycles. The number of benzene rings is 3. The number of methoxy groups -OCH3 is 1. The first-order valence-corrected chi connectivity index (χ1v) is 10.2. The number of fused-ring (bicyclic) bond motifs is 1. The van der Waals surface area contributed by atoms with Crippen LogP contribution >= 0.6 is 0 Å². The van der Waals surface area contributed by atoms with E-state index in [0.29, 0.717) is 24.3 Å². The molecule has 0 bridgehead atoms. The molecule has 0 amide bonds. The van der Waals surface area contributed by atoms with Crippen molar-refractivity contribution in [1.29, 1.82) is 0 Å². The zero-order valence-corrected chi connectivity index (χ0v) is 17.9. The monoisotopic (exact) mass is 429 g/mol. The number of hydrogen-bond acceptors (Lipinski definition) is 5. The first-order valence-electron chi connectivity index (χ1n) is 10.2. The Kier molecular flexibility index (Phi) is 6.22. The summed E-state index contributed by atoms with van der Waals surface area (Å²) in [6, 6.07) is 22.1. The number of ether oxygens (including phenoxy) is 3. The Morgan fingerprint density at radius 1 is 1.00 bits per heavy atom. The van der Waals surface area contributed by atoms with E-state index in [1.54, 1.807) is 37.4 Å². The van der Waals surface area contributed by atoms with Crippen molar-refractivity contribution in [3.8, 4) is 11.5 Å². The SMILES string of the molecule is COc1ccc(Cn2cc(C(C)OC=O)c3ccc(OC(=O)c4ccccc4)cc32)cc1. The van der Waals surface area contributed by atoms with Crippen LogP contribution in [-0.4, -0.2) is 24.1 Å². The molecule has 1 heterocycles. The third-order valence-electron chi connectivity index (χ3n) is 5.31. The standard InChI is InChI=1S/C26H23NO5/c1-18(31-17-28)24-16-27(15-19-8-10-21(30-2)11-9-19)25-14-22(12-13-23(24)25)32-26(29)20-6-4-3-5-7-20/h3-14,16-18H,15H2,1-2H3. The lowest BCUT2D eigenvalue weighted by Gasteiger charge is -2.09. The number of hydrogen-bond donors (Lipinski definition) is 0. The molecule has 1 unspecified atom stereocenters. The Morgan fingerprint density at radius 2 is 1.72 bits per heavy atom. The largest absolute Gasteiger partial charge is 0.497 e. The van der Waals surface area contributed by atoms with Crippen LogP contribution in [0.15, 0.2) is 79.0 Å². The summed E-state index contributed by atoms with van der Waals surface area (Å²) in [4.78, 5) is 23.4. The summed E-state index contributed by atoms with van der Waals surface area (Å²) in [5.41, 5.74) is 3.30. The highest BCUT2D eigenvalue weighted by Gasteiger charge is 2.17. The molecule has 0 saturated carbocycles. The number of esters is 1. The van der Waals surface area contributed by atoms with E-state index in [1.165, 1.54) is 0 Å². The molecule has 162 valence electrons. The fourth-order valence-corrected chi connectivity index (χ4v) is 3.64. The second-order valence-corrected chi connectivity index (χ2v) is 7.37. The van der Waals surface area contributed by atoms with Gasteiger partial charge in [-0.25, -0.2) is 4.79 Å². The molecule has 6 nitrogen and oxygen atoms in total. The molecule has 4 aromatic rings. The summed E-state index contributed by atoms with van der Waals surface area (Å²) in [6.07, 6.45) is 1.55. The van der Waals surface area contributed by atoms with Crippen molar-refractivity contribution in [3.05, 3.63) is 95.7 Å². The highest BCUT2D eigenvalue weighted by molar-refractivity contribution is 5.92. The van der Waals surface area contributed by atoms with Gasteiger partial charge < -0.3 is 18.8 Å². The molecule has 0 spiro atoms. The molecule has 3 aromatic carbocycles. The third kappa shape index (κ3) is 4.49. The maximum absolute atomic E-state index is 12.5. The van der Waals surface area contributed by atoms with Crippen LogP contribution in [0.2, 0.25) is 0 Å². The molecule has 1 atom stereocenters. The predicted octanol–water partition coefficient (Wildman–Crippen LogP) is 5.15. The molecule has 0 aliphatic heterocycles. The summed E-state index contributed by atoms with van der Waals surface area (Å²) in [5.74, 6) is 0.807. The topological polar surface area (TPSA) is 66.8 Å². The lowest BCUT2D eigenvalue weighted by Crippen LogP contribution is -2.08. The summed E-state index contributed by atoms with van der Waals surface area (Å²) in [5, 5.41) is 0.923. The maximum atomic E-state index is 12.5. The van der Waals surface area contributed by atoms with E-state index in [0.717, 1.165) is 27.8 Å². The zero-order chi connectivity index (χ0) is 22.5. The number of carbonyl (C=O) groups is 2. The summed E-state index contributed by atoms with van der Waals surface area (Å²) in [7, 11) is 1.63. The van der Waals surface area contributed by atoms with Gasteiger partial charge in [-0.3, -0.25) is 4.79 Å². The van der Waals surface area contributed by atoms with Crippen LogP contribution in [0.25, 0.3) is 10.9 Å². The molecule has 0 radical (unpaired) electrons. The van der Waals surface area contributed by atoms with Crippen molar-refractivity contribution in [3.63, 3.8) is 0 Å². The molecule has 32 heavy (non-hydrogen) atoms. The van der Waals surface area contributed by atoms with Gasteiger partial charge in [-0.1, -0.05) is 30.3 Å². The number of carbonyl (C=O) groups excluding carboxylic acids is 2. The van der Waals surface area contributed by atoms with Crippen LogP contribution in [0.3, 0.4) is 0 Å².